The highest BCUT2D eigenvalue weighted by Crippen LogP contribution is 2.53. The maximum absolute atomic E-state index is 13.2. The van der Waals surface area contributed by atoms with Crippen LogP contribution in [0, 0.1) is 23.7 Å². The van der Waals surface area contributed by atoms with Crippen LogP contribution in [0.3, 0.4) is 0 Å². The highest BCUT2D eigenvalue weighted by Gasteiger charge is 2.53. The SMILES string of the molecule is O=C(O)[C@H]1CN(C(=O)C2CC2c2ccccc2C(F)(F)F)C[C@@H]1C1CC1. The van der Waals surface area contributed by atoms with Crippen molar-refractivity contribution < 1.29 is 27.9 Å². The van der Waals surface area contributed by atoms with Gasteiger partial charge in [0, 0.05) is 19.0 Å². The average molecular weight is 367 g/mol. The summed E-state index contributed by atoms with van der Waals surface area (Å²) in [6.45, 7) is 0.601. The van der Waals surface area contributed by atoms with Crippen molar-refractivity contribution in [2.75, 3.05) is 13.1 Å². The third kappa shape index (κ3) is 3.08. The Morgan fingerprint density at radius 1 is 1.08 bits per heavy atom. The van der Waals surface area contributed by atoms with E-state index in [4.69, 9.17) is 0 Å². The second-order valence-electron chi connectivity index (χ2n) is 7.72. The predicted octanol–water partition coefficient (Wildman–Crippen LogP) is 3.38. The van der Waals surface area contributed by atoms with Crippen molar-refractivity contribution in [2.45, 2.75) is 31.4 Å². The molecule has 1 amide bonds. The van der Waals surface area contributed by atoms with Crippen LogP contribution >= 0.6 is 0 Å². The molecule has 140 valence electrons. The molecule has 1 aromatic carbocycles. The van der Waals surface area contributed by atoms with Crippen molar-refractivity contribution >= 4 is 11.9 Å². The van der Waals surface area contributed by atoms with Gasteiger partial charge in [-0.2, -0.15) is 13.2 Å². The van der Waals surface area contributed by atoms with E-state index < -0.39 is 35.5 Å². The van der Waals surface area contributed by atoms with Crippen molar-refractivity contribution in [1.29, 1.82) is 0 Å². The Kier molecular flexibility index (Phi) is 4.00. The van der Waals surface area contributed by atoms with Gasteiger partial charge in [-0.25, -0.2) is 0 Å². The fourth-order valence-electron chi connectivity index (χ4n) is 4.40. The molecule has 0 radical (unpaired) electrons. The van der Waals surface area contributed by atoms with Crippen LogP contribution in [0.1, 0.15) is 36.3 Å². The van der Waals surface area contributed by atoms with E-state index in [1.807, 2.05) is 0 Å². The molecule has 3 fully saturated rings. The van der Waals surface area contributed by atoms with Gasteiger partial charge >= 0.3 is 12.1 Å². The Bertz CT molecular complexity index is 744. The number of carbonyl (C=O) groups excluding carboxylic acids is 1. The Hall–Kier alpha value is -2.05. The minimum absolute atomic E-state index is 0.0175. The Morgan fingerprint density at radius 3 is 2.38 bits per heavy atom. The Labute approximate surface area is 149 Å². The summed E-state index contributed by atoms with van der Waals surface area (Å²) in [5.74, 6) is -2.17. The Morgan fingerprint density at radius 2 is 1.77 bits per heavy atom. The predicted molar refractivity (Wildman–Crippen MR) is 86.2 cm³/mol. The monoisotopic (exact) mass is 367 g/mol. The van der Waals surface area contributed by atoms with E-state index in [-0.39, 0.29) is 23.9 Å². The molecule has 0 bridgehead atoms. The first kappa shape index (κ1) is 17.4. The van der Waals surface area contributed by atoms with Crippen LogP contribution in [0.15, 0.2) is 24.3 Å². The molecule has 7 heteroatoms. The number of benzene rings is 1. The van der Waals surface area contributed by atoms with Crippen LogP contribution < -0.4 is 0 Å². The van der Waals surface area contributed by atoms with Crippen LogP contribution in [-0.4, -0.2) is 35.0 Å². The normalized spacial score (nSPS) is 31.1. The highest BCUT2D eigenvalue weighted by atomic mass is 19.4. The zero-order chi connectivity index (χ0) is 18.6. The molecule has 0 aromatic heterocycles. The number of likely N-dealkylation sites (tertiary alicyclic amines) is 1. The maximum atomic E-state index is 13.2. The number of hydrogen-bond donors (Lipinski definition) is 1. The second-order valence-corrected chi connectivity index (χ2v) is 7.72. The van der Waals surface area contributed by atoms with E-state index in [1.54, 1.807) is 11.0 Å². The first-order chi connectivity index (χ1) is 12.3. The standard InChI is InChI=1S/C19H20F3NO3/c20-19(21,22)16-4-2-1-3-11(16)12-7-13(12)17(24)23-8-14(10-5-6-10)15(9-23)18(25)26/h1-4,10,12-15H,5-9H2,(H,25,26)/t12?,13?,14-,15+/m1/s1. The summed E-state index contributed by atoms with van der Waals surface area (Å²) in [6.07, 6.45) is -2.04. The van der Waals surface area contributed by atoms with Gasteiger partial charge in [0.15, 0.2) is 0 Å². The molecule has 4 nitrogen and oxygen atoms in total. The average Bonchev–Trinajstić information content (AvgIpc) is 3.50. The summed E-state index contributed by atoms with van der Waals surface area (Å²) in [4.78, 5) is 25.8. The first-order valence-corrected chi connectivity index (χ1v) is 8.95. The molecule has 1 aliphatic heterocycles. The van der Waals surface area contributed by atoms with Crippen LogP contribution in [0.5, 0.6) is 0 Å². The maximum Gasteiger partial charge on any atom is 0.416 e. The van der Waals surface area contributed by atoms with Gasteiger partial charge in [0.05, 0.1) is 11.5 Å². The third-order valence-electron chi connectivity index (χ3n) is 5.99. The van der Waals surface area contributed by atoms with Gasteiger partial charge in [-0.3, -0.25) is 9.59 Å². The molecular weight excluding hydrogens is 347 g/mol. The van der Waals surface area contributed by atoms with Crippen molar-refractivity contribution in [3.05, 3.63) is 35.4 Å². The lowest BCUT2D eigenvalue weighted by atomic mass is 9.92. The number of carbonyl (C=O) groups is 2. The molecule has 0 spiro atoms. The molecule has 1 aromatic rings. The second kappa shape index (κ2) is 5.99. The zero-order valence-corrected chi connectivity index (χ0v) is 14.1. The molecule has 2 saturated carbocycles. The minimum Gasteiger partial charge on any atom is -0.481 e. The van der Waals surface area contributed by atoms with Gasteiger partial charge in [-0.05, 0) is 48.6 Å². The molecule has 26 heavy (non-hydrogen) atoms. The lowest BCUT2D eigenvalue weighted by Gasteiger charge is -2.17. The summed E-state index contributed by atoms with van der Waals surface area (Å²) in [7, 11) is 0. The van der Waals surface area contributed by atoms with E-state index in [0.717, 1.165) is 18.9 Å². The number of rotatable bonds is 4. The van der Waals surface area contributed by atoms with E-state index in [2.05, 4.69) is 0 Å². The largest absolute Gasteiger partial charge is 0.481 e. The summed E-state index contributed by atoms with van der Waals surface area (Å²) in [6, 6.07) is 5.40. The smallest absolute Gasteiger partial charge is 0.416 e. The van der Waals surface area contributed by atoms with E-state index in [9.17, 15) is 27.9 Å². The van der Waals surface area contributed by atoms with Gasteiger partial charge in [0.1, 0.15) is 0 Å². The third-order valence-corrected chi connectivity index (χ3v) is 5.99. The quantitative estimate of drug-likeness (QED) is 0.888. The molecule has 3 aliphatic rings. The number of carboxylic acids is 1. The fraction of sp³-hybridized carbons (Fsp3) is 0.579. The van der Waals surface area contributed by atoms with Crippen molar-refractivity contribution in [3.8, 4) is 0 Å². The van der Waals surface area contributed by atoms with E-state index in [0.29, 0.717) is 18.9 Å². The van der Waals surface area contributed by atoms with Gasteiger partial charge in [-0.15, -0.1) is 0 Å². The Balaban J connectivity index is 1.48. The molecule has 4 rings (SSSR count). The molecular formula is C19H20F3NO3. The molecule has 1 N–H and O–H groups in total. The number of carboxylic acid groups (broad SMARTS) is 1. The molecule has 2 aliphatic carbocycles. The van der Waals surface area contributed by atoms with Crippen molar-refractivity contribution in [2.24, 2.45) is 23.7 Å². The lowest BCUT2D eigenvalue weighted by molar-refractivity contribution is -0.143. The molecule has 1 saturated heterocycles. The van der Waals surface area contributed by atoms with Gasteiger partial charge in [0.2, 0.25) is 5.91 Å². The lowest BCUT2D eigenvalue weighted by Crippen LogP contribution is -2.31. The van der Waals surface area contributed by atoms with Gasteiger partial charge in [0.25, 0.3) is 0 Å². The number of alkyl halides is 3. The summed E-state index contributed by atoms with van der Waals surface area (Å²) in [5, 5.41) is 9.41. The topological polar surface area (TPSA) is 57.6 Å². The van der Waals surface area contributed by atoms with Gasteiger partial charge in [-0.1, -0.05) is 18.2 Å². The van der Waals surface area contributed by atoms with Crippen LogP contribution in [0.4, 0.5) is 13.2 Å². The number of nitrogens with zero attached hydrogens (tertiary/aromatic N) is 1. The van der Waals surface area contributed by atoms with Crippen molar-refractivity contribution in [3.63, 3.8) is 0 Å². The van der Waals surface area contributed by atoms with E-state index >= 15 is 0 Å². The molecule has 1 heterocycles. The molecule has 2 unspecified atom stereocenters. The van der Waals surface area contributed by atoms with E-state index in [1.165, 1.54) is 12.1 Å². The number of halogens is 3. The summed E-state index contributed by atoms with van der Waals surface area (Å²) in [5.41, 5.74) is -0.507. The molecule has 4 atom stereocenters. The zero-order valence-electron chi connectivity index (χ0n) is 14.1. The highest BCUT2D eigenvalue weighted by molar-refractivity contribution is 5.84. The fourth-order valence-corrected chi connectivity index (χ4v) is 4.40. The first-order valence-electron chi connectivity index (χ1n) is 8.95. The van der Waals surface area contributed by atoms with Crippen molar-refractivity contribution in [1.82, 2.24) is 4.90 Å². The van der Waals surface area contributed by atoms with Crippen LogP contribution in [0.25, 0.3) is 0 Å². The summed E-state index contributed by atoms with van der Waals surface area (Å²) >= 11 is 0. The summed E-state index contributed by atoms with van der Waals surface area (Å²) < 4.78 is 39.6. The number of amides is 1. The number of hydrogen-bond acceptors (Lipinski definition) is 2. The van der Waals surface area contributed by atoms with Crippen LogP contribution in [0.2, 0.25) is 0 Å². The minimum atomic E-state index is -4.44. The van der Waals surface area contributed by atoms with Crippen LogP contribution in [-0.2, 0) is 15.8 Å². The van der Waals surface area contributed by atoms with Gasteiger partial charge < -0.3 is 10.0 Å². The number of aliphatic carboxylic acids is 1.